The summed E-state index contributed by atoms with van der Waals surface area (Å²) in [5.74, 6) is -3.90. The van der Waals surface area contributed by atoms with E-state index in [0.717, 1.165) is 17.7 Å². The molecule has 1 saturated heterocycles. The number of nitro benzene ring substituents is 1. The molecule has 0 atom stereocenters. The number of piperazine rings is 1. The van der Waals surface area contributed by atoms with Crippen molar-refractivity contribution in [1.29, 1.82) is 0 Å². The van der Waals surface area contributed by atoms with Gasteiger partial charge in [0.05, 0.1) is 47.4 Å². The smallest absolute Gasteiger partial charge is 0.430 e. The van der Waals surface area contributed by atoms with E-state index in [1.807, 2.05) is 35.6 Å². The molecule has 0 aliphatic carbocycles. The van der Waals surface area contributed by atoms with E-state index in [1.54, 1.807) is 0 Å². The molecule has 0 saturated carbocycles. The van der Waals surface area contributed by atoms with E-state index >= 15 is 0 Å². The van der Waals surface area contributed by atoms with Crippen LogP contribution in [0.4, 0.5) is 24.5 Å². The molecule has 0 spiro atoms. The topological polar surface area (TPSA) is 187 Å². The summed E-state index contributed by atoms with van der Waals surface area (Å²) in [6.45, 7) is 2.15. The Labute approximate surface area is 221 Å². The lowest BCUT2D eigenvalue weighted by Gasteiger charge is -2.25. The lowest BCUT2D eigenvalue weighted by atomic mass is 10.1. The van der Waals surface area contributed by atoms with Crippen LogP contribution in [0.15, 0.2) is 47.4 Å². The van der Waals surface area contributed by atoms with Crippen molar-refractivity contribution in [3.05, 3.63) is 63.7 Å². The summed E-state index contributed by atoms with van der Waals surface area (Å²) in [6.07, 6.45) is -5.18. The third-order valence-electron chi connectivity index (χ3n) is 5.48. The third-order valence-corrected chi connectivity index (χ3v) is 7.32. The number of aliphatic hydroxyl groups excluding tert-OH is 1. The summed E-state index contributed by atoms with van der Waals surface area (Å²) in [5.41, 5.74) is 0.228. The fourth-order valence-corrected chi connectivity index (χ4v) is 5.06. The monoisotopic (exact) mass is 576 g/mol. The maximum absolute atomic E-state index is 13.1. The summed E-state index contributed by atoms with van der Waals surface area (Å²) >= 11 is 0. The van der Waals surface area contributed by atoms with Gasteiger partial charge in [-0.05, 0) is 18.1 Å². The number of rotatable bonds is 9. The number of sulfone groups is 1. The van der Waals surface area contributed by atoms with Crippen LogP contribution in [0.2, 0.25) is 0 Å². The summed E-state index contributed by atoms with van der Waals surface area (Å²) < 4.78 is 57.6. The number of nitrogens with zero attached hydrogens (tertiary/aromatic N) is 2. The van der Waals surface area contributed by atoms with Crippen molar-refractivity contribution < 1.29 is 51.6 Å². The van der Waals surface area contributed by atoms with Crippen molar-refractivity contribution >= 4 is 33.1 Å². The van der Waals surface area contributed by atoms with Crippen LogP contribution in [0.3, 0.4) is 0 Å². The van der Waals surface area contributed by atoms with Gasteiger partial charge in [0.25, 0.3) is 11.6 Å². The summed E-state index contributed by atoms with van der Waals surface area (Å²) in [6, 6.07) is 11.4. The van der Waals surface area contributed by atoms with Gasteiger partial charge in [-0.15, -0.1) is 0 Å². The Balaban J connectivity index is 0.000000673. The van der Waals surface area contributed by atoms with Crippen LogP contribution in [-0.2, 0) is 21.2 Å². The molecule has 4 N–H and O–H groups in total. The van der Waals surface area contributed by atoms with Gasteiger partial charge in [-0.1, -0.05) is 30.3 Å². The van der Waals surface area contributed by atoms with Crippen molar-refractivity contribution in [2.75, 3.05) is 43.9 Å². The van der Waals surface area contributed by atoms with Crippen molar-refractivity contribution in [3.8, 4) is 0 Å². The molecule has 1 amide bonds. The molecule has 0 bridgehead atoms. The number of hydrogen-bond donors (Lipinski definition) is 3. The van der Waals surface area contributed by atoms with Crippen LogP contribution >= 0.6 is 0 Å². The maximum atomic E-state index is 13.1. The molecule has 12 nitrogen and oxygen atoms in total. The summed E-state index contributed by atoms with van der Waals surface area (Å²) in [4.78, 5) is 34.3. The zero-order valence-electron chi connectivity index (χ0n) is 20.5. The van der Waals surface area contributed by atoms with Crippen molar-refractivity contribution in [2.24, 2.45) is 0 Å². The number of carboxylic acids is 1. The van der Waals surface area contributed by atoms with Gasteiger partial charge < -0.3 is 30.5 Å². The number of quaternary nitrogens is 1. The number of anilines is 1. The van der Waals surface area contributed by atoms with Crippen molar-refractivity contribution in [1.82, 2.24) is 4.90 Å². The van der Waals surface area contributed by atoms with Crippen molar-refractivity contribution in [3.63, 3.8) is 0 Å². The standard InChI is InChI=1S/C21H26N4O6S.C2HF3O2/c26-11-4-12-32(30,31)20-13-17(21(27)24-9-7-22-8-10-24)19(25(28)29)14-18(20)23-15-16-5-2-1-3-6-16;3-2(4,5)1(6)7/h1-3,5-6,13-14,22-23,26H,4,7-12,15H2;(H,6,7). The summed E-state index contributed by atoms with van der Waals surface area (Å²) in [5, 5.41) is 34.7. The van der Waals surface area contributed by atoms with E-state index in [1.165, 1.54) is 4.90 Å². The van der Waals surface area contributed by atoms with Crippen LogP contribution in [0.1, 0.15) is 22.3 Å². The Kier molecular flexibility index (Phi) is 11.2. The minimum absolute atomic E-state index is 0.0166. The number of halogens is 3. The zero-order chi connectivity index (χ0) is 29.2. The second kappa shape index (κ2) is 13.9. The number of aliphatic hydroxyl groups is 1. The molecule has 39 heavy (non-hydrogen) atoms. The lowest BCUT2D eigenvalue weighted by Crippen LogP contribution is -2.89. The Bertz CT molecular complexity index is 1270. The molecule has 1 fully saturated rings. The number of nitrogens with one attached hydrogen (secondary N) is 1. The first-order valence-corrected chi connectivity index (χ1v) is 13.3. The van der Waals surface area contributed by atoms with Gasteiger partial charge >= 0.3 is 6.18 Å². The predicted molar refractivity (Wildman–Crippen MR) is 129 cm³/mol. The van der Waals surface area contributed by atoms with Gasteiger partial charge in [0, 0.05) is 19.2 Å². The molecule has 1 aliphatic heterocycles. The molecule has 0 aromatic heterocycles. The quantitative estimate of drug-likeness (QED) is 0.266. The van der Waals surface area contributed by atoms with Crippen LogP contribution in [0, 0.1) is 10.1 Å². The number of carboxylic acid groups (broad SMARTS) is 1. The van der Waals surface area contributed by atoms with Gasteiger partial charge in [-0.25, -0.2) is 8.42 Å². The number of carbonyl (C=O) groups excluding carboxylic acids is 2. The Morgan fingerprint density at radius 3 is 2.23 bits per heavy atom. The molecule has 1 heterocycles. The molecule has 1 aliphatic rings. The third kappa shape index (κ3) is 9.19. The van der Waals surface area contributed by atoms with Gasteiger partial charge in [-0.2, -0.15) is 13.2 Å². The second-order valence-electron chi connectivity index (χ2n) is 8.30. The fourth-order valence-electron chi connectivity index (χ4n) is 3.57. The van der Waals surface area contributed by atoms with Crippen LogP contribution < -0.4 is 15.7 Å². The average molecular weight is 577 g/mol. The first-order chi connectivity index (χ1) is 18.3. The SMILES string of the molecule is O=C([O-])C(F)(F)F.O=C(c1cc(S(=O)(=O)CCCO)c(NCc2ccccc2)cc1[N+](=O)[O-])N1CC[NH2+]CC1. The number of hydrogen-bond acceptors (Lipinski definition) is 9. The molecule has 2 aromatic carbocycles. The first-order valence-electron chi connectivity index (χ1n) is 11.6. The average Bonchev–Trinajstić information content (AvgIpc) is 2.90. The van der Waals surface area contributed by atoms with Crippen LogP contribution in [0.25, 0.3) is 0 Å². The highest BCUT2D eigenvalue weighted by atomic mass is 32.2. The zero-order valence-corrected chi connectivity index (χ0v) is 21.3. The number of alkyl halides is 3. The Morgan fingerprint density at radius 1 is 1.13 bits per heavy atom. The van der Waals surface area contributed by atoms with Gasteiger partial charge in [0.1, 0.15) is 11.5 Å². The molecule has 3 rings (SSSR count). The maximum Gasteiger partial charge on any atom is 0.430 e. The molecule has 16 heteroatoms. The van der Waals surface area contributed by atoms with E-state index in [4.69, 9.17) is 15.0 Å². The summed E-state index contributed by atoms with van der Waals surface area (Å²) in [7, 11) is -3.91. The van der Waals surface area contributed by atoms with E-state index in [9.17, 15) is 36.5 Å². The van der Waals surface area contributed by atoms with Crippen LogP contribution in [-0.4, -0.2) is 79.9 Å². The van der Waals surface area contributed by atoms with Gasteiger partial charge in [-0.3, -0.25) is 14.9 Å². The molecule has 0 radical (unpaired) electrons. The Morgan fingerprint density at radius 2 is 1.72 bits per heavy atom. The number of aliphatic carboxylic acids is 1. The van der Waals surface area contributed by atoms with E-state index in [-0.39, 0.29) is 41.5 Å². The normalized spacial score (nSPS) is 13.7. The highest BCUT2D eigenvalue weighted by Gasteiger charge is 2.31. The van der Waals surface area contributed by atoms with Gasteiger partial charge in [0.15, 0.2) is 9.84 Å². The molecular formula is C23H27F3N4O8S. The number of benzene rings is 2. The van der Waals surface area contributed by atoms with Crippen LogP contribution in [0.5, 0.6) is 0 Å². The molecule has 214 valence electrons. The Hall–Kier alpha value is -3.76. The first kappa shape index (κ1) is 31.5. The number of amides is 1. The highest BCUT2D eigenvalue weighted by Crippen LogP contribution is 2.33. The minimum atomic E-state index is -5.19. The van der Waals surface area contributed by atoms with Gasteiger partial charge in [0.2, 0.25) is 0 Å². The predicted octanol–water partition coefficient (Wildman–Crippen LogP) is -0.319. The fraction of sp³-hybridized carbons (Fsp3) is 0.391. The minimum Gasteiger partial charge on any atom is -0.542 e. The number of carbonyl (C=O) groups is 2. The second-order valence-corrected chi connectivity index (χ2v) is 10.4. The largest absolute Gasteiger partial charge is 0.542 e. The molecular weight excluding hydrogens is 549 g/mol. The lowest BCUT2D eigenvalue weighted by molar-refractivity contribution is -0.661. The van der Waals surface area contributed by atoms with Crippen molar-refractivity contribution in [2.45, 2.75) is 24.0 Å². The molecule has 2 aromatic rings. The number of nitrogens with two attached hydrogens (primary N) is 1. The van der Waals surface area contributed by atoms with E-state index < -0.39 is 38.5 Å². The number of nitro groups is 1. The molecule has 0 unspecified atom stereocenters. The highest BCUT2D eigenvalue weighted by molar-refractivity contribution is 7.91. The van der Waals surface area contributed by atoms with E-state index in [2.05, 4.69) is 5.32 Å². The van der Waals surface area contributed by atoms with E-state index in [0.29, 0.717) is 26.2 Å².